The van der Waals surface area contributed by atoms with Crippen LogP contribution in [-0.4, -0.2) is 23.4 Å². The maximum absolute atomic E-state index is 12.0. The molecule has 0 aromatic heterocycles. The van der Waals surface area contributed by atoms with E-state index in [9.17, 15) is 9.59 Å². The van der Waals surface area contributed by atoms with Gasteiger partial charge in [-0.1, -0.05) is 19.9 Å². The van der Waals surface area contributed by atoms with Crippen LogP contribution in [0.3, 0.4) is 0 Å². The molecule has 0 saturated heterocycles. The molecule has 0 aromatic rings. The van der Waals surface area contributed by atoms with Gasteiger partial charge in [0.1, 0.15) is 0 Å². The summed E-state index contributed by atoms with van der Waals surface area (Å²) in [4.78, 5) is 24.9. The van der Waals surface area contributed by atoms with Crippen LogP contribution in [0.15, 0.2) is 24.0 Å². The summed E-state index contributed by atoms with van der Waals surface area (Å²) in [6, 6.07) is 0. The first-order chi connectivity index (χ1) is 8.50. The lowest BCUT2D eigenvalue weighted by molar-refractivity contribution is -0.139. The number of allylic oxidation sites excluding steroid dienone is 1. The Morgan fingerprint density at radius 2 is 1.89 bits per heavy atom. The number of amides is 1. The van der Waals surface area contributed by atoms with Crippen LogP contribution in [0.1, 0.15) is 40.5 Å². The van der Waals surface area contributed by atoms with Crippen molar-refractivity contribution in [2.75, 3.05) is 6.61 Å². The zero-order valence-electron chi connectivity index (χ0n) is 11.5. The molecule has 1 aliphatic rings. The molecule has 0 atom stereocenters. The maximum Gasteiger partial charge on any atom is 0.336 e. The van der Waals surface area contributed by atoms with Gasteiger partial charge >= 0.3 is 5.97 Å². The Balaban J connectivity index is 3.15. The standard InChI is InChI=1S/C14H21NO3/c1-5-14(6-2)8-9-15(11(4)16)10-12(14)13(17)18-7-3/h8-10H,5-7H2,1-4H3. The number of hydrogen-bond acceptors (Lipinski definition) is 3. The minimum Gasteiger partial charge on any atom is -0.463 e. The van der Waals surface area contributed by atoms with Crippen LogP contribution >= 0.6 is 0 Å². The molecule has 18 heavy (non-hydrogen) atoms. The van der Waals surface area contributed by atoms with E-state index in [0.29, 0.717) is 12.2 Å². The molecule has 0 N–H and O–H groups in total. The molecule has 0 saturated carbocycles. The highest BCUT2D eigenvalue weighted by Gasteiger charge is 2.36. The van der Waals surface area contributed by atoms with Gasteiger partial charge in [-0.15, -0.1) is 0 Å². The topological polar surface area (TPSA) is 46.6 Å². The summed E-state index contributed by atoms with van der Waals surface area (Å²) >= 11 is 0. The molecule has 4 heteroatoms. The van der Waals surface area contributed by atoms with Gasteiger partial charge in [0, 0.05) is 24.7 Å². The predicted octanol–water partition coefficient (Wildman–Crippen LogP) is 2.62. The lowest BCUT2D eigenvalue weighted by atomic mass is 9.74. The lowest BCUT2D eigenvalue weighted by Gasteiger charge is -2.34. The largest absolute Gasteiger partial charge is 0.463 e. The third kappa shape index (κ3) is 2.63. The fourth-order valence-corrected chi connectivity index (χ4v) is 2.15. The highest BCUT2D eigenvalue weighted by Crippen LogP contribution is 2.40. The molecule has 4 nitrogen and oxygen atoms in total. The van der Waals surface area contributed by atoms with Crippen LogP contribution in [0, 0.1) is 5.41 Å². The van der Waals surface area contributed by atoms with Gasteiger partial charge in [0.15, 0.2) is 0 Å². The summed E-state index contributed by atoms with van der Waals surface area (Å²) in [5.74, 6) is -0.453. The molecular weight excluding hydrogens is 230 g/mol. The van der Waals surface area contributed by atoms with E-state index >= 15 is 0 Å². The maximum atomic E-state index is 12.0. The fourth-order valence-electron chi connectivity index (χ4n) is 2.15. The summed E-state index contributed by atoms with van der Waals surface area (Å²) in [5.41, 5.74) is 0.241. The van der Waals surface area contributed by atoms with Gasteiger partial charge in [0.2, 0.25) is 5.91 Å². The van der Waals surface area contributed by atoms with E-state index in [1.54, 1.807) is 19.3 Å². The van der Waals surface area contributed by atoms with Crippen molar-refractivity contribution < 1.29 is 14.3 Å². The Morgan fingerprint density at radius 3 is 2.33 bits per heavy atom. The van der Waals surface area contributed by atoms with Gasteiger partial charge in [0.25, 0.3) is 0 Å². The van der Waals surface area contributed by atoms with Crippen molar-refractivity contribution >= 4 is 11.9 Å². The van der Waals surface area contributed by atoms with Crippen LogP contribution < -0.4 is 0 Å². The average Bonchev–Trinajstić information content (AvgIpc) is 2.38. The molecule has 100 valence electrons. The minimum absolute atomic E-state index is 0.117. The van der Waals surface area contributed by atoms with Crippen LogP contribution in [0.2, 0.25) is 0 Å². The third-order valence-corrected chi connectivity index (χ3v) is 3.48. The average molecular weight is 251 g/mol. The molecule has 0 aromatic carbocycles. The molecular formula is C14H21NO3. The van der Waals surface area contributed by atoms with Crippen molar-refractivity contribution in [3.05, 3.63) is 24.0 Å². The second-order valence-electron chi connectivity index (χ2n) is 4.37. The predicted molar refractivity (Wildman–Crippen MR) is 69.4 cm³/mol. The lowest BCUT2D eigenvalue weighted by Crippen LogP contribution is -2.33. The van der Waals surface area contributed by atoms with E-state index in [4.69, 9.17) is 4.74 Å². The molecule has 0 radical (unpaired) electrons. The number of nitrogens with zero attached hydrogens (tertiary/aromatic N) is 1. The van der Waals surface area contributed by atoms with Gasteiger partial charge in [-0.3, -0.25) is 9.69 Å². The second-order valence-corrected chi connectivity index (χ2v) is 4.37. The Morgan fingerprint density at radius 1 is 1.28 bits per heavy atom. The first-order valence-corrected chi connectivity index (χ1v) is 6.38. The van der Waals surface area contributed by atoms with Crippen LogP contribution in [0.5, 0.6) is 0 Å². The number of carbonyl (C=O) groups is 2. The van der Waals surface area contributed by atoms with E-state index in [2.05, 4.69) is 0 Å². The Hall–Kier alpha value is -1.58. The molecule has 1 amide bonds. The van der Waals surface area contributed by atoms with Gasteiger partial charge in [-0.05, 0) is 19.8 Å². The Labute approximate surface area is 108 Å². The van der Waals surface area contributed by atoms with Crippen molar-refractivity contribution in [2.24, 2.45) is 5.41 Å². The first kappa shape index (κ1) is 14.5. The Bertz CT molecular complexity index is 392. The van der Waals surface area contributed by atoms with Gasteiger partial charge in [0.05, 0.1) is 12.2 Å². The van der Waals surface area contributed by atoms with Gasteiger partial charge in [-0.25, -0.2) is 4.79 Å². The summed E-state index contributed by atoms with van der Waals surface area (Å²) in [6.07, 6.45) is 6.87. The van der Waals surface area contributed by atoms with Crippen molar-refractivity contribution in [1.82, 2.24) is 4.90 Å². The fraction of sp³-hybridized carbons (Fsp3) is 0.571. The van der Waals surface area contributed by atoms with Crippen molar-refractivity contribution in [1.29, 1.82) is 0 Å². The number of hydrogen-bond donors (Lipinski definition) is 0. The molecule has 0 spiro atoms. The van der Waals surface area contributed by atoms with Gasteiger partial charge < -0.3 is 4.74 Å². The van der Waals surface area contributed by atoms with E-state index < -0.39 is 0 Å². The first-order valence-electron chi connectivity index (χ1n) is 6.38. The zero-order chi connectivity index (χ0) is 13.8. The zero-order valence-corrected chi connectivity index (χ0v) is 11.5. The summed E-state index contributed by atoms with van der Waals surface area (Å²) in [5, 5.41) is 0. The van der Waals surface area contributed by atoms with Crippen molar-refractivity contribution in [3.8, 4) is 0 Å². The molecule has 1 rings (SSSR count). The number of ether oxygens (including phenoxy) is 1. The van der Waals surface area contributed by atoms with E-state index in [1.807, 2.05) is 19.9 Å². The quantitative estimate of drug-likeness (QED) is 0.721. The summed E-state index contributed by atoms with van der Waals surface area (Å²) < 4.78 is 5.09. The third-order valence-electron chi connectivity index (χ3n) is 3.48. The highest BCUT2D eigenvalue weighted by molar-refractivity contribution is 5.92. The number of rotatable bonds is 4. The van der Waals surface area contributed by atoms with Crippen molar-refractivity contribution in [3.63, 3.8) is 0 Å². The molecule has 1 aliphatic heterocycles. The van der Waals surface area contributed by atoms with Gasteiger partial charge in [-0.2, -0.15) is 0 Å². The smallest absolute Gasteiger partial charge is 0.336 e. The van der Waals surface area contributed by atoms with E-state index in [0.717, 1.165) is 12.8 Å². The summed E-state index contributed by atoms with van der Waals surface area (Å²) in [6.45, 7) is 7.64. The number of carbonyl (C=O) groups excluding carboxylic acids is 2. The molecule has 0 aliphatic carbocycles. The highest BCUT2D eigenvalue weighted by atomic mass is 16.5. The number of esters is 1. The molecule has 0 fully saturated rings. The monoisotopic (exact) mass is 251 g/mol. The Kier molecular flexibility index (Phi) is 4.70. The molecule has 1 heterocycles. The SMILES string of the molecule is CCOC(=O)C1=CN(C(C)=O)C=CC1(CC)CC. The molecule has 0 unspecified atom stereocenters. The normalized spacial score (nSPS) is 17.3. The molecule has 0 bridgehead atoms. The van der Waals surface area contributed by atoms with E-state index in [1.165, 1.54) is 11.8 Å². The van der Waals surface area contributed by atoms with Crippen LogP contribution in [0.4, 0.5) is 0 Å². The van der Waals surface area contributed by atoms with Crippen molar-refractivity contribution in [2.45, 2.75) is 40.5 Å². The summed E-state index contributed by atoms with van der Waals surface area (Å²) in [7, 11) is 0. The second kappa shape index (κ2) is 5.85. The van der Waals surface area contributed by atoms with Crippen LogP contribution in [0.25, 0.3) is 0 Å². The minimum atomic E-state index is -0.336. The van der Waals surface area contributed by atoms with E-state index in [-0.39, 0.29) is 17.3 Å². The van der Waals surface area contributed by atoms with Crippen LogP contribution in [-0.2, 0) is 14.3 Å².